The summed E-state index contributed by atoms with van der Waals surface area (Å²) in [7, 11) is 0. The maximum absolute atomic E-state index is 11.8. The predicted molar refractivity (Wildman–Crippen MR) is 96.1 cm³/mol. The maximum atomic E-state index is 11.8. The SMILES string of the molecule is CC(C)(CO)[C@@H](O)C(=O)NCCCN=C(N)Nc1ccc(Cl)cc1. The number of hydrogen-bond acceptors (Lipinski definition) is 4. The quantitative estimate of drug-likeness (QED) is 0.270. The van der Waals surface area contributed by atoms with Crippen LogP contribution in [-0.2, 0) is 4.79 Å². The Kier molecular flexibility index (Phi) is 7.97. The van der Waals surface area contributed by atoms with Crippen molar-refractivity contribution in [2.75, 3.05) is 25.0 Å². The Hall–Kier alpha value is -1.83. The molecule has 24 heavy (non-hydrogen) atoms. The number of nitrogens with zero attached hydrogens (tertiary/aromatic N) is 1. The molecule has 0 bridgehead atoms. The molecule has 0 radical (unpaired) electrons. The first-order valence-electron chi connectivity index (χ1n) is 7.65. The number of halogens is 1. The van der Waals surface area contributed by atoms with Crippen LogP contribution in [0.4, 0.5) is 5.69 Å². The zero-order chi connectivity index (χ0) is 18.2. The number of aliphatic imine (C=N–C) groups is 1. The molecule has 1 amide bonds. The summed E-state index contributed by atoms with van der Waals surface area (Å²) in [5.41, 5.74) is 5.66. The monoisotopic (exact) mass is 356 g/mol. The Balaban J connectivity index is 2.29. The fourth-order valence-electron chi connectivity index (χ4n) is 1.75. The third-order valence-electron chi connectivity index (χ3n) is 3.43. The van der Waals surface area contributed by atoms with Gasteiger partial charge in [0.15, 0.2) is 5.96 Å². The second-order valence-electron chi connectivity index (χ2n) is 6.09. The molecule has 0 saturated carbocycles. The van der Waals surface area contributed by atoms with Gasteiger partial charge in [-0.3, -0.25) is 9.79 Å². The van der Waals surface area contributed by atoms with Crippen LogP contribution in [0, 0.1) is 5.41 Å². The molecule has 0 saturated heterocycles. The summed E-state index contributed by atoms with van der Waals surface area (Å²) >= 11 is 5.80. The minimum atomic E-state index is -1.26. The zero-order valence-electron chi connectivity index (χ0n) is 13.9. The lowest BCUT2D eigenvalue weighted by Crippen LogP contribution is -2.45. The minimum Gasteiger partial charge on any atom is -0.396 e. The van der Waals surface area contributed by atoms with Gasteiger partial charge in [-0.05, 0) is 30.7 Å². The molecule has 1 aromatic rings. The van der Waals surface area contributed by atoms with E-state index in [1.54, 1.807) is 38.1 Å². The number of aliphatic hydroxyl groups is 2. The molecule has 0 unspecified atom stereocenters. The van der Waals surface area contributed by atoms with Gasteiger partial charge in [0.2, 0.25) is 5.91 Å². The van der Waals surface area contributed by atoms with Gasteiger partial charge in [0.1, 0.15) is 6.10 Å². The van der Waals surface area contributed by atoms with Crippen LogP contribution in [0.15, 0.2) is 29.3 Å². The van der Waals surface area contributed by atoms with E-state index in [1.165, 1.54) is 0 Å². The van der Waals surface area contributed by atoms with Crippen LogP contribution in [0.5, 0.6) is 0 Å². The number of carbonyl (C=O) groups excluding carboxylic acids is 1. The van der Waals surface area contributed by atoms with Gasteiger partial charge in [0.05, 0.1) is 6.61 Å². The predicted octanol–water partition coefficient (Wildman–Crippen LogP) is 0.952. The molecule has 0 heterocycles. The second kappa shape index (κ2) is 9.46. The Morgan fingerprint density at radius 2 is 2.00 bits per heavy atom. The molecule has 1 rings (SSSR count). The van der Waals surface area contributed by atoms with Gasteiger partial charge >= 0.3 is 0 Å². The number of rotatable bonds is 8. The molecule has 134 valence electrons. The molecule has 0 aliphatic rings. The molecule has 0 aliphatic heterocycles. The van der Waals surface area contributed by atoms with Crippen molar-refractivity contribution in [1.29, 1.82) is 0 Å². The van der Waals surface area contributed by atoms with Crippen LogP contribution in [0.25, 0.3) is 0 Å². The first-order chi connectivity index (χ1) is 11.3. The van der Waals surface area contributed by atoms with Gasteiger partial charge in [-0.25, -0.2) is 0 Å². The van der Waals surface area contributed by atoms with Crippen molar-refractivity contribution in [2.24, 2.45) is 16.1 Å². The van der Waals surface area contributed by atoms with Gasteiger partial charge in [-0.15, -0.1) is 0 Å². The first-order valence-corrected chi connectivity index (χ1v) is 8.03. The van der Waals surface area contributed by atoms with Crippen LogP contribution >= 0.6 is 11.6 Å². The summed E-state index contributed by atoms with van der Waals surface area (Å²) < 4.78 is 0. The molecule has 0 aromatic heterocycles. The minimum absolute atomic E-state index is 0.269. The third-order valence-corrected chi connectivity index (χ3v) is 3.68. The topological polar surface area (TPSA) is 120 Å². The Bertz CT molecular complexity index is 561. The summed E-state index contributed by atoms with van der Waals surface area (Å²) in [6, 6.07) is 7.06. The van der Waals surface area contributed by atoms with Crippen molar-refractivity contribution >= 4 is 29.2 Å². The van der Waals surface area contributed by atoms with Crippen LogP contribution in [0.2, 0.25) is 5.02 Å². The summed E-state index contributed by atoms with van der Waals surface area (Å²) in [6.45, 7) is 3.73. The Morgan fingerprint density at radius 3 is 2.58 bits per heavy atom. The van der Waals surface area contributed by atoms with Crippen molar-refractivity contribution in [3.05, 3.63) is 29.3 Å². The first kappa shape index (κ1) is 20.2. The number of guanidine groups is 1. The number of nitrogens with one attached hydrogen (secondary N) is 2. The normalized spacial score (nSPS) is 13.5. The average Bonchev–Trinajstić information content (AvgIpc) is 2.55. The average molecular weight is 357 g/mol. The molecule has 0 spiro atoms. The van der Waals surface area contributed by atoms with E-state index < -0.39 is 17.4 Å². The fraction of sp³-hybridized carbons (Fsp3) is 0.500. The zero-order valence-corrected chi connectivity index (χ0v) is 14.7. The molecule has 6 N–H and O–H groups in total. The lowest BCUT2D eigenvalue weighted by molar-refractivity contribution is -0.137. The lowest BCUT2D eigenvalue weighted by Gasteiger charge is -2.27. The van der Waals surface area contributed by atoms with E-state index in [-0.39, 0.29) is 12.6 Å². The van der Waals surface area contributed by atoms with E-state index in [0.717, 1.165) is 5.69 Å². The maximum Gasteiger partial charge on any atom is 0.249 e. The van der Waals surface area contributed by atoms with Crippen LogP contribution < -0.4 is 16.4 Å². The summed E-state index contributed by atoms with van der Waals surface area (Å²) in [6.07, 6.45) is -0.691. The smallest absolute Gasteiger partial charge is 0.249 e. The molecular weight excluding hydrogens is 332 g/mol. The highest BCUT2D eigenvalue weighted by molar-refractivity contribution is 6.30. The van der Waals surface area contributed by atoms with Gasteiger partial charge in [-0.2, -0.15) is 0 Å². The molecular formula is C16H25ClN4O3. The van der Waals surface area contributed by atoms with Crippen LogP contribution in [-0.4, -0.2) is 47.9 Å². The highest BCUT2D eigenvalue weighted by atomic mass is 35.5. The van der Waals surface area contributed by atoms with E-state index in [2.05, 4.69) is 15.6 Å². The summed E-state index contributed by atoms with van der Waals surface area (Å²) in [5, 5.41) is 25.1. The Labute approximate surface area is 146 Å². The van der Waals surface area contributed by atoms with Gasteiger partial charge in [0.25, 0.3) is 0 Å². The molecule has 1 aromatic carbocycles. The number of amides is 1. The molecule has 0 aliphatic carbocycles. The summed E-state index contributed by atoms with van der Waals surface area (Å²) in [5.74, 6) is -0.240. The number of aliphatic hydroxyl groups excluding tert-OH is 2. The van der Waals surface area contributed by atoms with Crippen molar-refractivity contribution in [2.45, 2.75) is 26.4 Å². The van der Waals surface area contributed by atoms with Crippen LogP contribution in [0.1, 0.15) is 20.3 Å². The standard InChI is InChI=1S/C16H25ClN4O3/c1-16(2,10-22)13(23)14(24)19-8-3-9-20-15(18)21-12-6-4-11(17)5-7-12/h4-7,13,22-23H,3,8-10H2,1-2H3,(H,19,24)(H3,18,20,21)/t13-/m0/s1. The van der Waals surface area contributed by atoms with Crippen molar-refractivity contribution in [1.82, 2.24) is 5.32 Å². The van der Waals surface area contributed by atoms with E-state index in [0.29, 0.717) is 24.5 Å². The van der Waals surface area contributed by atoms with Crippen molar-refractivity contribution in [3.8, 4) is 0 Å². The van der Waals surface area contributed by atoms with Crippen LogP contribution in [0.3, 0.4) is 0 Å². The highest BCUT2D eigenvalue weighted by Crippen LogP contribution is 2.19. The number of benzene rings is 1. The number of anilines is 1. The molecule has 8 heteroatoms. The molecule has 1 atom stereocenters. The number of nitrogens with two attached hydrogens (primary N) is 1. The lowest BCUT2D eigenvalue weighted by atomic mass is 9.87. The number of hydrogen-bond donors (Lipinski definition) is 5. The molecule has 0 fully saturated rings. The van der Waals surface area contributed by atoms with Gasteiger partial charge in [-0.1, -0.05) is 25.4 Å². The second-order valence-corrected chi connectivity index (χ2v) is 6.53. The van der Waals surface area contributed by atoms with Crippen molar-refractivity contribution in [3.63, 3.8) is 0 Å². The molecule has 7 nitrogen and oxygen atoms in total. The van der Waals surface area contributed by atoms with Gasteiger partial charge in [0, 0.05) is 29.2 Å². The summed E-state index contributed by atoms with van der Waals surface area (Å²) in [4.78, 5) is 15.9. The third kappa shape index (κ3) is 6.74. The largest absolute Gasteiger partial charge is 0.396 e. The van der Waals surface area contributed by atoms with Crippen molar-refractivity contribution < 1.29 is 15.0 Å². The van der Waals surface area contributed by atoms with E-state index in [4.69, 9.17) is 22.4 Å². The van der Waals surface area contributed by atoms with E-state index in [1.807, 2.05) is 0 Å². The number of carbonyl (C=O) groups is 1. The fourth-order valence-corrected chi connectivity index (χ4v) is 1.87. The Morgan fingerprint density at radius 1 is 1.38 bits per heavy atom. The van der Waals surface area contributed by atoms with E-state index >= 15 is 0 Å². The van der Waals surface area contributed by atoms with Gasteiger partial charge < -0.3 is 26.6 Å². The van der Waals surface area contributed by atoms with E-state index in [9.17, 15) is 9.90 Å². The highest BCUT2D eigenvalue weighted by Gasteiger charge is 2.32.